The second kappa shape index (κ2) is 6.41. The van der Waals surface area contributed by atoms with Gasteiger partial charge in [0.05, 0.1) is 0 Å². The molecule has 0 spiro atoms. The van der Waals surface area contributed by atoms with Crippen LogP contribution in [0.1, 0.15) is 34.1 Å². The van der Waals surface area contributed by atoms with Gasteiger partial charge in [0, 0.05) is 29.7 Å². The van der Waals surface area contributed by atoms with Crippen LogP contribution in [0.2, 0.25) is 0 Å². The van der Waals surface area contributed by atoms with Crippen molar-refractivity contribution in [1.82, 2.24) is 4.90 Å². The van der Waals surface area contributed by atoms with Crippen LogP contribution in [0.3, 0.4) is 0 Å². The van der Waals surface area contributed by atoms with Crippen LogP contribution in [0.25, 0.3) is 0 Å². The fourth-order valence-corrected chi connectivity index (χ4v) is 2.91. The third kappa shape index (κ3) is 3.88. The molecule has 1 aliphatic rings. The number of hydrogen-bond donors (Lipinski definition) is 0. The number of halogens is 1. The summed E-state index contributed by atoms with van der Waals surface area (Å²) >= 11 is 3.40. The molecule has 4 nitrogen and oxygen atoms in total. The predicted molar refractivity (Wildman–Crippen MR) is 91.7 cm³/mol. The summed E-state index contributed by atoms with van der Waals surface area (Å²) in [6.07, 6.45) is 0.461. The number of nitrogens with zero attached hydrogens (tertiary/aromatic N) is 2. The molecule has 0 aliphatic carbocycles. The van der Waals surface area contributed by atoms with E-state index in [9.17, 15) is 9.59 Å². The molecule has 1 atom stereocenters. The Bertz CT molecular complexity index is 563. The van der Waals surface area contributed by atoms with Crippen molar-refractivity contribution < 1.29 is 9.59 Å². The number of amides is 2. The average molecular weight is 367 g/mol. The number of carbonyl (C=O) groups is 2. The molecule has 1 aromatic carbocycles. The molecule has 0 saturated carbocycles. The van der Waals surface area contributed by atoms with Gasteiger partial charge in [-0.3, -0.25) is 9.59 Å². The molecule has 1 heterocycles. The zero-order valence-corrected chi connectivity index (χ0v) is 15.2. The van der Waals surface area contributed by atoms with E-state index in [-0.39, 0.29) is 17.2 Å². The molecule has 0 N–H and O–H groups in total. The molecule has 0 unspecified atom stereocenters. The summed E-state index contributed by atoms with van der Waals surface area (Å²) < 4.78 is 0.982. The Labute approximate surface area is 140 Å². The molecule has 1 aliphatic heterocycles. The Balaban J connectivity index is 2.11. The van der Waals surface area contributed by atoms with Crippen molar-refractivity contribution in [2.45, 2.75) is 40.2 Å². The Kier molecular flexibility index (Phi) is 4.95. The molecule has 1 fully saturated rings. The zero-order chi connectivity index (χ0) is 16.5. The highest BCUT2D eigenvalue weighted by molar-refractivity contribution is 9.10. The molecular weight excluding hydrogens is 344 g/mol. The van der Waals surface area contributed by atoms with Crippen molar-refractivity contribution in [3.05, 3.63) is 28.7 Å². The van der Waals surface area contributed by atoms with Gasteiger partial charge in [0.2, 0.25) is 11.8 Å². The van der Waals surface area contributed by atoms with Crippen LogP contribution in [0.4, 0.5) is 5.69 Å². The summed E-state index contributed by atoms with van der Waals surface area (Å²) in [5, 5.41) is 0. The molecule has 1 saturated heterocycles. The summed E-state index contributed by atoms with van der Waals surface area (Å²) in [7, 11) is 0. The maximum atomic E-state index is 12.6. The highest BCUT2D eigenvalue weighted by Crippen LogP contribution is 2.25. The van der Waals surface area contributed by atoms with E-state index in [1.807, 2.05) is 52.0 Å². The standard InChI is InChI=1S/C17H23BrN2O2/c1-12-16(22)20(14-7-5-13(18)6-8-14)10-9-19(12)15(21)11-17(2,3)4/h5-8,12H,9-11H2,1-4H3/t12-/m1/s1. The van der Waals surface area contributed by atoms with Gasteiger partial charge < -0.3 is 9.80 Å². The minimum absolute atomic E-state index is 0.0177. The predicted octanol–water partition coefficient (Wildman–Crippen LogP) is 3.45. The second-order valence-electron chi connectivity index (χ2n) is 6.97. The van der Waals surface area contributed by atoms with Gasteiger partial charge in [-0.2, -0.15) is 0 Å². The number of carbonyl (C=O) groups excluding carboxylic acids is 2. The van der Waals surface area contributed by atoms with Crippen LogP contribution in [-0.4, -0.2) is 35.8 Å². The zero-order valence-electron chi connectivity index (χ0n) is 13.6. The van der Waals surface area contributed by atoms with Gasteiger partial charge >= 0.3 is 0 Å². The van der Waals surface area contributed by atoms with Crippen LogP contribution in [-0.2, 0) is 9.59 Å². The highest BCUT2D eigenvalue weighted by Gasteiger charge is 2.35. The van der Waals surface area contributed by atoms with E-state index < -0.39 is 6.04 Å². The van der Waals surface area contributed by atoms with Crippen molar-refractivity contribution >= 4 is 33.4 Å². The van der Waals surface area contributed by atoms with E-state index in [0.29, 0.717) is 19.5 Å². The smallest absolute Gasteiger partial charge is 0.249 e. The lowest BCUT2D eigenvalue weighted by Crippen LogP contribution is -2.58. The molecular formula is C17H23BrN2O2. The van der Waals surface area contributed by atoms with Crippen LogP contribution in [0.15, 0.2) is 28.7 Å². The molecule has 5 heteroatoms. The van der Waals surface area contributed by atoms with Crippen LogP contribution >= 0.6 is 15.9 Å². The fourth-order valence-electron chi connectivity index (χ4n) is 2.64. The second-order valence-corrected chi connectivity index (χ2v) is 7.88. The summed E-state index contributed by atoms with van der Waals surface area (Å²) in [6.45, 7) is 9.05. The Morgan fingerprint density at radius 3 is 2.36 bits per heavy atom. The van der Waals surface area contributed by atoms with Gasteiger partial charge in [-0.1, -0.05) is 36.7 Å². The number of anilines is 1. The molecule has 1 aromatic rings. The minimum Gasteiger partial charge on any atom is -0.329 e. The van der Waals surface area contributed by atoms with E-state index in [4.69, 9.17) is 0 Å². The van der Waals surface area contributed by atoms with Gasteiger partial charge in [0.25, 0.3) is 0 Å². The first kappa shape index (κ1) is 17.0. The van der Waals surface area contributed by atoms with Crippen molar-refractivity contribution in [3.8, 4) is 0 Å². The maximum Gasteiger partial charge on any atom is 0.249 e. The Hall–Kier alpha value is -1.36. The van der Waals surface area contributed by atoms with Gasteiger partial charge in [-0.15, -0.1) is 0 Å². The molecule has 120 valence electrons. The highest BCUT2D eigenvalue weighted by atomic mass is 79.9. The lowest BCUT2D eigenvalue weighted by atomic mass is 9.91. The first-order chi connectivity index (χ1) is 10.2. The Morgan fingerprint density at radius 2 is 1.82 bits per heavy atom. The summed E-state index contributed by atoms with van der Waals surface area (Å²) in [5.74, 6) is 0.0413. The maximum absolute atomic E-state index is 12.6. The largest absolute Gasteiger partial charge is 0.329 e. The van der Waals surface area contributed by atoms with Gasteiger partial charge in [0.15, 0.2) is 0 Å². The lowest BCUT2D eigenvalue weighted by molar-refractivity contribution is -0.142. The van der Waals surface area contributed by atoms with E-state index in [0.717, 1.165) is 10.2 Å². The number of hydrogen-bond acceptors (Lipinski definition) is 2. The number of piperazine rings is 1. The van der Waals surface area contributed by atoms with E-state index in [2.05, 4.69) is 15.9 Å². The van der Waals surface area contributed by atoms with Crippen molar-refractivity contribution in [3.63, 3.8) is 0 Å². The van der Waals surface area contributed by atoms with Gasteiger partial charge in [0.1, 0.15) is 6.04 Å². The fraction of sp³-hybridized carbons (Fsp3) is 0.529. The number of rotatable bonds is 2. The molecule has 2 rings (SSSR count). The van der Waals surface area contributed by atoms with Crippen LogP contribution < -0.4 is 4.90 Å². The van der Waals surface area contributed by atoms with Gasteiger partial charge in [-0.25, -0.2) is 0 Å². The molecule has 0 radical (unpaired) electrons. The minimum atomic E-state index is -0.410. The Morgan fingerprint density at radius 1 is 1.23 bits per heavy atom. The third-order valence-electron chi connectivity index (χ3n) is 3.80. The normalized spacial score (nSPS) is 19.5. The quantitative estimate of drug-likeness (QED) is 0.803. The third-order valence-corrected chi connectivity index (χ3v) is 4.32. The lowest BCUT2D eigenvalue weighted by Gasteiger charge is -2.40. The molecule has 22 heavy (non-hydrogen) atoms. The molecule has 0 aromatic heterocycles. The first-order valence-electron chi connectivity index (χ1n) is 7.55. The summed E-state index contributed by atoms with van der Waals surface area (Å²) in [5.41, 5.74) is 0.811. The van der Waals surface area contributed by atoms with Crippen LogP contribution in [0, 0.1) is 5.41 Å². The van der Waals surface area contributed by atoms with E-state index in [1.165, 1.54) is 0 Å². The average Bonchev–Trinajstić information content (AvgIpc) is 2.41. The summed E-state index contributed by atoms with van der Waals surface area (Å²) in [4.78, 5) is 28.5. The van der Waals surface area contributed by atoms with Crippen molar-refractivity contribution in [2.75, 3.05) is 18.0 Å². The van der Waals surface area contributed by atoms with Gasteiger partial charge in [-0.05, 0) is 36.6 Å². The molecule has 2 amide bonds. The summed E-state index contributed by atoms with van der Waals surface area (Å²) in [6, 6.07) is 7.27. The monoisotopic (exact) mass is 366 g/mol. The topological polar surface area (TPSA) is 40.6 Å². The van der Waals surface area contributed by atoms with Crippen molar-refractivity contribution in [2.24, 2.45) is 5.41 Å². The van der Waals surface area contributed by atoms with Crippen LogP contribution in [0.5, 0.6) is 0 Å². The van der Waals surface area contributed by atoms with E-state index >= 15 is 0 Å². The van der Waals surface area contributed by atoms with E-state index in [1.54, 1.807) is 9.80 Å². The van der Waals surface area contributed by atoms with Crippen molar-refractivity contribution in [1.29, 1.82) is 0 Å². The SMILES string of the molecule is C[C@@H]1C(=O)N(c2ccc(Br)cc2)CCN1C(=O)CC(C)(C)C. The first-order valence-corrected chi connectivity index (χ1v) is 8.35. The molecule has 0 bridgehead atoms. The number of benzene rings is 1.